The van der Waals surface area contributed by atoms with Crippen molar-refractivity contribution in [1.29, 1.82) is 0 Å². The van der Waals surface area contributed by atoms with Gasteiger partial charge in [-0.25, -0.2) is 0 Å². The molecule has 0 aliphatic heterocycles. The predicted molar refractivity (Wildman–Crippen MR) is 83.9 cm³/mol. The zero-order valence-corrected chi connectivity index (χ0v) is 12.9. The third-order valence-electron chi connectivity index (χ3n) is 2.60. The number of nitrogens with one attached hydrogen (secondary N) is 2. The van der Waals surface area contributed by atoms with E-state index in [2.05, 4.69) is 65.6 Å². The van der Waals surface area contributed by atoms with E-state index < -0.39 is 0 Å². The summed E-state index contributed by atoms with van der Waals surface area (Å²) in [5, 5.41) is 6.67. The topological polar surface area (TPSA) is 39.7 Å². The van der Waals surface area contributed by atoms with E-state index in [-0.39, 0.29) is 5.54 Å². The highest BCUT2D eigenvalue weighted by Gasteiger charge is 2.11. The average molecular weight is 262 g/mol. The minimum Gasteiger partial charge on any atom is -0.378 e. The van der Waals surface area contributed by atoms with Crippen LogP contribution in [0.4, 0.5) is 5.69 Å². The largest absolute Gasteiger partial charge is 0.378 e. The normalized spacial score (nSPS) is 12.2. The highest BCUT2D eigenvalue weighted by molar-refractivity contribution is 5.80. The molecule has 1 rings (SSSR count). The van der Waals surface area contributed by atoms with Crippen molar-refractivity contribution < 1.29 is 0 Å². The van der Waals surface area contributed by atoms with Gasteiger partial charge in [-0.3, -0.25) is 4.99 Å². The van der Waals surface area contributed by atoms with Gasteiger partial charge in [0.15, 0.2) is 5.96 Å². The van der Waals surface area contributed by atoms with Crippen molar-refractivity contribution in [3.63, 3.8) is 0 Å². The highest BCUT2D eigenvalue weighted by atomic mass is 15.2. The van der Waals surface area contributed by atoms with E-state index >= 15 is 0 Å². The van der Waals surface area contributed by atoms with Crippen molar-refractivity contribution in [2.45, 2.75) is 32.9 Å². The van der Waals surface area contributed by atoms with Crippen LogP contribution in [0, 0.1) is 0 Å². The number of hydrogen-bond acceptors (Lipinski definition) is 2. The molecule has 19 heavy (non-hydrogen) atoms. The molecule has 106 valence electrons. The molecule has 0 spiro atoms. The van der Waals surface area contributed by atoms with Crippen LogP contribution in [0.5, 0.6) is 0 Å². The summed E-state index contributed by atoms with van der Waals surface area (Å²) < 4.78 is 0. The first-order valence-corrected chi connectivity index (χ1v) is 6.57. The van der Waals surface area contributed by atoms with Crippen molar-refractivity contribution in [3.05, 3.63) is 29.8 Å². The Balaban J connectivity index is 2.63. The second kappa shape index (κ2) is 6.45. The Hall–Kier alpha value is -1.71. The molecule has 4 heteroatoms. The molecule has 0 fully saturated rings. The van der Waals surface area contributed by atoms with E-state index in [4.69, 9.17) is 0 Å². The van der Waals surface area contributed by atoms with Gasteiger partial charge in [0.1, 0.15) is 0 Å². The summed E-state index contributed by atoms with van der Waals surface area (Å²) in [6, 6.07) is 8.47. The maximum Gasteiger partial charge on any atom is 0.191 e. The van der Waals surface area contributed by atoms with Gasteiger partial charge in [-0.1, -0.05) is 12.1 Å². The summed E-state index contributed by atoms with van der Waals surface area (Å²) in [6.45, 7) is 7.11. The summed E-state index contributed by atoms with van der Waals surface area (Å²) in [7, 11) is 5.89. The highest BCUT2D eigenvalue weighted by Crippen LogP contribution is 2.13. The fourth-order valence-electron chi connectivity index (χ4n) is 1.66. The molecule has 2 N–H and O–H groups in total. The zero-order valence-electron chi connectivity index (χ0n) is 12.9. The van der Waals surface area contributed by atoms with Crippen molar-refractivity contribution in [1.82, 2.24) is 10.6 Å². The fourth-order valence-corrected chi connectivity index (χ4v) is 1.66. The number of rotatable bonds is 3. The van der Waals surface area contributed by atoms with Crippen molar-refractivity contribution in [3.8, 4) is 0 Å². The number of hydrogen-bond donors (Lipinski definition) is 2. The molecule has 0 aliphatic rings. The first kappa shape index (κ1) is 15.3. The third-order valence-corrected chi connectivity index (χ3v) is 2.60. The van der Waals surface area contributed by atoms with Crippen molar-refractivity contribution in [2.75, 3.05) is 26.0 Å². The Morgan fingerprint density at radius 3 is 2.47 bits per heavy atom. The molecule has 0 heterocycles. The maximum absolute atomic E-state index is 4.23. The Kier molecular flexibility index (Phi) is 5.21. The molecule has 0 saturated heterocycles. The summed E-state index contributed by atoms with van der Waals surface area (Å²) in [6.07, 6.45) is 0. The molecule has 0 bridgehead atoms. The summed E-state index contributed by atoms with van der Waals surface area (Å²) in [4.78, 5) is 6.33. The van der Waals surface area contributed by atoms with E-state index in [1.165, 1.54) is 11.3 Å². The lowest BCUT2D eigenvalue weighted by molar-refractivity contribution is 0.501. The molecule has 0 radical (unpaired) electrons. The van der Waals surface area contributed by atoms with Crippen LogP contribution in [0.1, 0.15) is 26.3 Å². The van der Waals surface area contributed by atoms with Gasteiger partial charge in [0.25, 0.3) is 0 Å². The summed E-state index contributed by atoms with van der Waals surface area (Å²) in [5.74, 6) is 0.822. The quantitative estimate of drug-likeness (QED) is 0.648. The first-order valence-electron chi connectivity index (χ1n) is 6.57. The van der Waals surface area contributed by atoms with E-state index in [9.17, 15) is 0 Å². The smallest absolute Gasteiger partial charge is 0.191 e. The molecule has 0 aromatic heterocycles. The molecule has 0 atom stereocenters. The van der Waals surface area contributed by atoms with Gasteiger partial charge in [-0.05, 0) is 38.5 Å². The minimum absolute atomic E-state index is 0.00727. The van der Waals surface area contributed by atoms with Crippen molar-refractivity contribution >= 4 is 11.6 Å². The number of aliphatic imine (C=N–C) groups is 1. The van der Waals surface area contributed by atoms with Gasteiger partial charge in [0, 0.05) is 38.9 Å². The number of benzene rings is 1. The number of anilines is 1. The van der Waals surface area contributed by atoms with E-state index in [1.807, 2.05) is 14.1 Å². The number of nitrogens with zero attached hydrogens (tertiary/aromatic N) is 2. The lowest BCUT2D eigenvalue weighted by atomic mass is 10.1. The van der Waals surface area contributed by atoms with Gasteiger partial charge in [0.2, 0.25) is 0 Å². The summed E-state index contributed by atoms with van der Waals surface area (Å²) in [5.41, 5.74) is 2.45. The Labute approximate surface area is 116 Å². The van der Waals surface area contributed by atoms with Crippen LogP contribution < -0.4 is 15.5 Å². The van der Waals surface area contributed by atoms with Crippen LogP contribution >= 0.6 is 0 Å². The second-order valence-corrected chi connectivity index (χ2v) is 5.87. The van der Waals surface area contributed by atoms with E-state index in [0.717, 1.165) is 12.5 Å². The van der Waals surface area contributed by atoms with Crippen molar-refractivity contribution in [2.24, 2.45) is 4.99 Å². The number of guanidine groups is 1. The Morgan fingerprint density at radius 2 is 1.95 bits per heavy atom. The van der Waals surface area contributed by atoms with E-state index in [0.29, 0.717) is 0 Å². The predicted octanol–water partition coefficient (Wildman–Crippen LogP) is 2.22. The van der Waals surface area contributed by atoms with Crippen LogP contribution in [-0.4, -0.2) is 32.6 Å². The Morgan fingerprint density at radius 1 is 1.26 bits per heavy atom. The fraction of sp³-hybridized carbons (Fsp3) is 0.533. The van der Waals surface area contributed by atoms with Gasteiger partial charge < -0.3 is 15.5 Å². The average Bonchev–Trinajstić information content (AvgIpc) is 2.33. The van der Waals surface area contributed by atoms with Crippen LogP contribution in [-0.2, 0) is 6.54 Å². The third kappa shape index (κ3) is 5.64. The first-order chi connectivity index (χ1) is 8.81. The minimum atomic E-state index is 0.00727. The molecule has 1 aromatic carbocycles. The Bertz CT molecular complexity index is 430. The van der Waals surface area contributed by atoms with Gasteiger partial charge in [-0.2, -0.15) is 0 Å². The standard InChI is InChI=1S/C15H26N4/c1-15(2,3)18-14(16-4)17-11-12-8-7-9-13(10-12)19(5)6/h7-10H,11H2,1-6H3,(H2,16,17,18). The lowest BCUT2D eigenvalue weighted by Gasteiger charge is -2.24. The van der Waals surface area contributed by atoms with Gasteiger partial charge in [-0.15, -0.1) is 0 Å². The molecule has 4 nitrogen and oxygen atoms in total. The summed E-state index contributed by atoms with van der Waals surface area (Å²) >= 11 is 0. The van der Waals surface area contributed by atoms with Crippen LogP contribution in [0.3, 0.4) is 0 Å². The molecule has 0 amide bonds. The monoisotopic (exact) mass is 262 g/mol. The lowest BCUT2D eigenvalue weighted by Crippen LogP contribution is -2.47. The molecule has 0 saturated carbocycles. The van der Waals surface area contributed by atoms with Crippen LogP contribution in [0.2, 0.25) is 0 Å². The van der Waals surface area contributed by atoms with Gasteiger partial charge >= 0.3 is 0 Å². The molecule has 0 unspecified atom stereocenters. The SMILES string of the molecule is CN=C(NCc1cccc(N(C)C)c1)NC(C)(C)C. The molecule has 1 aromatic rings. The maximum atomic E-state index is 4.23. The zero-order chi connectivity index (χ0) is 14.5. The molecule has 0 aliphatic carbocycles. The molecular formula is C15H26N4. The van der Waals surface area contributed by atoms with Crippen LogP contribution in [0.25, 0.3) is 0 Å². The van der Waals surface area contributed by atoms with Crippen LogP contribution in [0.15, 0.2) is 29.3 Å². The molecular weight excluding hydrogens is 236 g/mol. The van der Waals surface area contributed by atoms with Gasteiger partial charge in [0.05, 0.1) is 0 Å². The second-order valence-electron chi connectivity index (χ2n) is 5.87. The van der Waals surface area contributed by atoms with E-state index in [1.54, 1.807) is 7.05 Å².